The number of rotatable bonds is 7. The first-order valence-electron chi connectivity index (χ1n) is 11.0. The normalized spacial score (nSPS) is 17.5. The monoisotopic (exact) mass is 435 g/mol. The quantitative estimate of drug-likeness (QED) is 0.673. The Morgan fingerprint density at radius 1 is 0.906 bits per heavy atom. The number of hydrogen-bond acceptors (Lipinski definition) is 6. The molecule has 0 aliphatic carbocycles. The lowest BCUT2D eigenvalue weighted by atomic mass is 10.0. The number of carbonyl (C=O) groups is 2. The fourth-order valence-electron chi connectivity index (χ4n) is 4.22. The van der Waals surface area contributed by atoms with E-state index >= 15 is 0 Å². The number of amides is 2. The van der Waals surface area contributed by atoms with Crippen LogP contribution in [0.3, 0.4) is 0 Å². The summed E-state index contributed by atoms with van der Waals surface area (Å²) in [6.45, 7) is 7.87. The third-order valence-corrected chi connectivity index (χ3v) is 5.91. The van der Waals surface area contributed by atoms with Crippen LogP contribution in [0.1, 0.15) is 18.1 Å². The molecule has 0 unspecified atom stereocenters. The molecule has 7 heteroatoms. The first-order valence-corrected chi connectivity index (χ1v) is 11.0. The standard InChI is InChI=1S/C25H29N3O4/c1-3-32-21-10-6-19(7-11-21)22-23(27-14-12-26(13-15-27)16-17-29)25(31)28(24(22)30)20-8-4-18(2)5-9-20/h4-11,29H,3,12-17H2,1-2H3. The Hall–Kier alpha value is -3.16. The highest BCUT2D eigenvalue weighted by molar-refractivity contribution is 6.45. The second kappa shape index (κ2) is 9.54. The van der Waals surface area contributed by atoms with Crippen LogP contribution < -0.4 is 9.64 Å². The van der Waals surface area contributed by atoms with Gasteiger partial charge in [0.25, 0.3) is 11.8 Å². The number of ether oxygens (including phenoxy) is 1. The molecule has 1 saturated heterocycles. The minimum absolute atomic E-state index is 0.110. The zero-order valence-electron chi connectivity index (χ0n) is 18.6. The Morgan fingerprint density at radius 2 is 1.56 bits per heavy atom. The number of anilines is 1. The van der Waals surface area contributed by atoms with Crippen molar-refractivity contribution < 1.29 is 19.4 Å². The van der Waals surface area contributed by atoms with E-state index in [1.165, 1.54) is 4.90 Å². The van der Waals surface area contributed by atoms with Gasteiger partial charge < -0.3 is 14.7 Å². The molecule has 2 aromatic rings. The molecule has 2 aliphatic heterocycles. The maximum Gasteiger partial charge on any atom is 0.282 e. The number of β-amino-alcohol motifs (C(OH)–C–C–N with tert-alkyl or cyclic N) is 1. The van der Waals surface area contributed by atoms with Crippen molar-refractivity contribution in [1.82, 2.24) is 9.80 Å². The van der Waals surface area contributed by atoms with Crippen molar-refractivity contribution in [3.63, 3.8) is 0 Å². The molecular weight excluding hydrogens is 406 g/mol. The summed E-state index contributed by atoms with van der Waals surface area (Å²) in [5.74, 6) is 0.123. The van der Waals surface area contributed by atoms with Crippen molar-refractivity contribution in [2.45, 2.75) is 13.8 Å². The number of imide groups is 1. The van der Waals surface area contributed by atoms with Crippen molar-refractivity contribution in [1.29, 1.82) is 0 Å². The smallest absolute Gasteiger partial charge is 0.282 e. The van der Waals surface area contributed by atoms with Gasteiger partial charge in [-0.1, -0.05) is 29.8 Å². The summed E-state index contributed by atoms with van der Waals surface area (Å²) >= 11 is 0. The van der Waals surface area contributed by atoms with Crippen LogP contribution in [0.5, 0.6) is 5.75 Å². The van der Waals surface area contributed by atoms with E-state index in [2.05, 4.69) is 4.90 Å². The van der Waals surface area contributed by atoms with E-state index in [-0.39, 0.29) is 18.4 Å². The van der Waals surface area contributed by atoms with Gasteiger partial charge in [-0.3, -0.25) is 14.5 Å². The number of aliphatic hydroxyl groups excluding tert-OH is 1. The zero-order valence-corrected chi connectivity index (χ0v) is 18.6. The summed E-state index contributed by atoms with van der Waals surface area (Å²) < 4.78 is 5.54. The molecule has 2 aliphatic rings. The summed E-state index contributed by atoms with van der Waals surface area (Å²) in [7, 11) is 0. The van der Waals surface area contributed by atoms with Crippen LogP contribution in [-0.2, 0) is 9.59 Å². The molecule has 0 aromatic heterocycles. The number of nitrogens with zero attached hydrogens (tertiary/aromatic N) is 3. The average Bonchev–Trinajstić information content (AvgIpc) is 3.06. The number of hydrogen-bond donors (Lipinski definition) is 1. The van der Waals surface area contributed by atoms with Crippen LogP contribution in [0.15, 0.2) is 54.2 Å². The predicted molar refractivity (Wildman–Crippen MR) is 123 cm³/mol. The van der Waals surface area contributed by atoms with Crippen LogP contribution in [0, 0.1) is 6.92 Å². The minimum atomic E-state index is -0.309. The Labute approximate surface area is 188 Å². The molecule has 2 amide bonds. The molecule has 0 bridgehead atoms. The first kappa shape index (κ1) is 22.0. The highest BCUT2D eigenvalue weighted by Crippen LogP contribution is 2.35. The second-order valence-electron chi connectivity index (χ2n) is 8.01. The van der Waals surface area contributed by atoms with E-state index < -0.39 is 0 Å². The van der Waals surface area contributed by atoms with Crippen molar-refractivity contribution >= 4 is 23.1 Å². The first-order chi connectivity index (χ1) is 15.5. The van der Waals surface area contributed by atoms with Gasteiger partial charge in [-0.15, -0.1) is 0 Å². The van der Waals surface area contributed by atoms with Crippen LogP contribution in [-0.4, -0.2) is 72.7 Å². The highest BCUT2D eigenvalue weighted by Gasteiger charge is 2.43. The number of piperazine rings is 1. The van der Waals surface area contributed by atoms with E-state index in [0.717, 1.165) is 24.4 Å². The molecular formula is C25H29N3O4. The van der Waals surface area contributed by atoms with Crippen molar-refractivity contribution in [3.8, 4) is 5.75 Å². The summed E-state index contributed by atoms with van der Waals surface area (Å²) in [4.78, 5) is 32.6. The Bertz CT molecular complexity index is 1010. The van der Waals surface area contributed by atoms with Gasteiger partial charge in [0.05, 0.1) is 24.5 Å². The molecule has 0 atom stereocenters. The van der Waals surface area contributed by atoms with Gasteiger partial charge in [0.2, 0.25) is 0 Å². The average molecular weight is 436 g/mol. The Kier molecular flexibility index (Phi) is 6.58. The molecule has 4 rings (SSSR count). The fraction of sp³-hybridized carbons (Fsp3) is 0.360. The Balaban J connectivity index is 1.71. The highest BCUT2D eigenvalue weighted by atomic mass is 16.5. The fourth-order valence-corrected chi connectivity index (χ4v) is 4.22. The maximum atomic E-state index is 13.6. The lowest BCUT2D eigenvalue weighted by Gasteiger charge is -2.36. The largest absolute Gasteiger partial charge is 0.494 e. The van der Waals surface area contributed by atoms with Gasteiger partial charge in [0, 0.05) is 32.7 Å². The Morgan fingerprint density at radius 3 is 2.16 bits per heavy atom. The van der Waals surface area contributed by atoms with Crippen molar-refractivity contribution in [2.24, 2.45) is 0 Å². The lowest BCUT2D eigenvalue weighted by Crippen LogP contribution is -2.48. The van der Waals surface area contributed by atoms with Gasteiger partial charge >= 0.3 is 0 Å². The van der Waals surface area contributed by atoms with Crippen molar-refractivity contribution in [2.75, 3.05) is 50.8 Å². The number of aryl methyl sites for hydroxylation is 1. The zero-order chi connectivity index (χ0) is 22.7. The molecule has 1 N–H and O–H groups in total. The SMILES string of the molecule is CCOc1ccc(C2=C(N3CCN(CCO)CC3)C(=O)N(c3ccc(C)cc3)C2=O)cc1. The topological polar surface area (TPSA) is 73.3 Å². The minimum Gasteiger partial charge on any atom is -0.494 e. The third kappa shape index (κ3) is 4.26. The van der Waals surface area contributed by atoms with Crippen LogP contribution in [0.4, 0.5) is 5.69 Å². The maximum absolute atomic E-state index is 13.6. The molecule has 0 spiro atoms. The molecule has 168 valence electrons. The third-order valence-electron chi connectivity index (χ3n) is 5.91. The second-order valence-corrected chi connectivity index (χ2v) is 8.01. The van der Waals surface area contributed by atoms with Crippen molar-refractivity contribution in [3.05, 3.63) is 65.4 Å². The van der Waals surface area contributed by atoms with Gasteiger partial charge in [-0.05, 0) is 43.7 Å². The summed E-state index contributed by atoms with van der Waals surface area (Å²) in [5.41, 5.74) is 3.21. The van der Waals surface area contributed by atoms with E-state index in [4.69, 9.17) is 4.74 Å². The van der Waals surface area contributed by atoms with E-state index in [0.29, 0.717) is 48.8 Å². The van der Waals surface area contributed by atoms with E-state index in [1.54, 1.807) is 0 Å². The molecule has 0 radical (unpaired) electrons. The van der Waals surface area contributed by atoms with Crippen LogP contribution >= 0.6 is 0 Å². The summed E-state index contributed by atoms with van der Waals surface area (Å²) in [6.07, 6.45) is 0. The van der Waals surface area contributed by atoms with Gasteiger partial charge in [-0.2, -0.15) is 0 Å². The number of benzene rings is 2. The predicted octanol–water partition coefficient (Wildman–Crippen LogP) is 2.29. The number of carbonyl (C=O) groups excluding carboxylic acids is 2. The van der Waals surface area contributed by atoms with Gasteiger partial charge in [0.1, 0.15) is 11.4 Å². The van der Waals surface area contributed by atoms with Crippen LogP contribution in [0.25, 0.3) is 5.57 Å². The summed E-state index contributed by atoms with van der Waals surface area (Å²) in [6, 6.07) is 14.8. The molecule has 1 fully saturated rings. The lowest BCUT2D eigenvalue weighted by molar-refractivity contribution is -0.120. The molecule has 7 nitrogen and oxygen atoms in total. The van der Waals surface area contributed by atoms with E-state index in [9.17, 15) is 14.7 Å². The van der Waals surface area contributed by atoms with E-state index in [1.807, 2.05) is 67.3 Å². The van der Waals surface area contributed by atoms with Crippen LogP contribution in [0.2, 0.25) is 0 Å². The molecule has 2 aromatic carbocycles. The van der Waals surface area contributed by atoms with Gasteiger partial charge in [0.15, 0.2) is 0 Å². The molecule has 2 heterocycles. The summed E-state index contributed by atoms with van der Waals surface area (Å²) in [5, 5.41) is 9.22. The molecule has 32 heavy (non-hydrogen) atoms. The van der Waals surface area contributed by atoms with Gasteiger partial charge in [-0.25, -0.2) is 4.90 Å². The molecule has 0 saturated carbocycles. The number of aliphatic hydroxyl groups is 1.